The van der Waals surface area contributed by atoms with Crippen LogP contribution in [0.15, 0.2) is 36.4 Å². The second-order valence-corrected chi connectivity index (χ2v) is 6.85. The Morgan fingerprint density at radius 1 is 1.11 bits per heavy atom. The highest BCUT2D eigenvalue weighted by molar-refractivity contribution is 5.46. The minimum absolute atomic E-state index is 0.255. The van der Waals surface area contributed by atoms with Crippen molar-refractivity contribution in [2.45, 2.75) is 19.3 Å². The molecule has 2 aromatic carbocycles. The van der Waals surface area contributed by atoms with Gasteiger partial charge in [0, 0.05) is 0 Å². The molecular weight excluding hydrogens is 362 g/mol. The summed E-state index contributed by atoms with van der Waals surface area (Å²) in [6.45, 7) is 2.20. The maximum atomic E-state index is 10.3. The van der Waals surface area contributed by atoms with Gasteiger partial charge in [0.05, 0.1) is 40.0 Å². The Hall–Kier alpha value is -2.48. The fourth-order valence-electron chi connectivity index (χ4n) is 3.29. The van der Waals surface area contributed by atoms with E-state index in [2.05, 4.69) is 0 Å². The van der Waals surface area contributed by atoms with Gasteiger partial charge in [0.15, 0.2) is 23.0 Å². The quantitative estimate of drug-likeness (QED) is 0.631. The summed E-state index contributed by atoms with van der Waals surface area (Å²) >= 11 is 0. The SMILES string of the molecule is COc1cccc(C[NH+](C)C[C@H](O)COCc2ccc3c(c2)OCO3)c1OC. The number of aliphatic hydroxyl groups excluding tert-OH is 1. The molecule has 1 aliphatic rings. The average molecular weight is 390 g/mol. The van der Waals surface area contributed by atoms with E-state index in [9.17, 15) is 5.11 Å². The molecule has 1 aliphatic heterocycles. The smallest absolute Gasteiger partial charge is 0.231 e. The molecule has 0 amide bonds. The number of hydrogen-bond donors (Lipinski definition) is 2. The Morgan fingerprint density at radius 2 is 1.93 bits per heavy atom. The van der Waals surface area contributed by atoms with Gasteiger partial charge in [-0.3, -0.25) is 0 Å². The number of nitrogens with one attached hydrogen (secondary N) is 1. The van der Waals surface area contributed by atoms with Gasteiger partial charge in [0.2, 0.25) is 6.79 Å². The van der Waals surface area contributed by atoms with Crippen LogP contribution in [0.1, 0.15) is 11.1 Å². The van der Waals surface area contributed by atoms with Gasteiger partial charge >= 0.3 is 0 Å². The van der Waals surface area contributed by atoms with Crippen LogP contribution in [0, 0.1) is 0 Å². The van der Waals surface area contributed by atoms with E-state index in [-0.39, 0.29) is 13.4 Å². The van der Waals surface area contributed by atoms with E-state index in [1.165, 1.54) is 0 Å². The second kappa shape index (κ2) is 9.64. The Bertz CT molecular complexity index is 781. The first kappa shape index (κ1) is 20.3. The van der Waals surface area contributed by atoms with E-state index in [0.717, 1.165) is 33.3 Å². The molecule has 0 fully saturated rings. The van der Waals surface area contributed by atoms with Crippen LogP contribution in [0.2, 0.25) is 0 Å². The summed E-state index contributed by atoms with van der Waals surface area (Å²) in [7, 11) is 5.29. The van der Waals surface area contributed by atoms with Gasteiger partial charge in [-0.2, -0.15) is 0 Å². The molecule has 3 rings (SSSR count). The Labute approximate surface area is 165 Å². The van der Waals surface area contributed by atoms with E-state index in [0.29, 0.717) is 25.4 Å². The Kier molecular flexibility index (Phi) is 6.97. The van der Waals surface area contributed by atoms with Crippen LogP contribution in [0.25, 0.3) is 0 Å². The third-order valence-corrected chi connectivity index (χ3v) is 4.58. The highest BCUT2D eigenvalue weighted by Crippen LogP contribution is 2.32. The zero-order chi connectivity index (χ0) is 19.9. The standard InChI is InChI=1S/C21H27NO6/c1-22(10-16-5-4-6-19(24-2)21(16)25-3)11-17(23)13-26-12-15-7-8-18-20(9-15)28-14-27-18/h4-9,17,23H,10-14H2,1-3H3/p+1/t17-/m0/s1. The summed E-state index contributed by atoms with van der Waals surface area (Å²) in [5.74, 6) is 2.93. The molecule has 0 saturated heterocycles. The van der Waals surface area contributed by atoms with Crippen molar-refractivity contribution in [1.82, 2.24) is 0 Å². The summed E-state index contributed by atoms with van der Waals surface area (Å²) in [5.41, 5.74) is 2.02. The van der Waals surface area contributed by atoms with Crippen molar-refractivity contribution in [2.24, 2.45) is 0 Å². The first-order valence-corrected chi connectivity index (χ1v) is 9.26. The number of fused-ring (bicyclic) bond motifs is 1. The highest BCUT2D eigenvalue weighted by Gasteiger charge is 2.17. The molecular formula is C21H28NO6+. The summed E-state index contributed by atoms with van der Waals surface area (Å²) in [4.78, 5) is 1.14. The molecule has 1 heterocycles. The molecule has 0 aromatic heterocycles. The van der Waals surface area contributed by atoms with Crippen LogP contribution in [0.3, 0.4) is 0 Å². The normalized spacial score (nSPS) is 14.6. The molecule has 7 nitrogen and oxygen atoms in total. The van der Waals surface area contributed by atoms with Crippen LogP contribution in [-0.2, 0) is 17.9 Å². The lowest BCUT2D eigenvalue weighted by molar-refractivity contribution is -0.897. The number of para-hydroxylation sites is 1. The summed E-state index contributed by atoms with van der Waals surface area (Å²) in [6, 6.07) is 11.5. The zero-order valence-electron chi connectivity index (χ0n) is 16.6. The molecule has 1 unspecified atom stereocenters. The fourth-order valence-corrected chi connectivity index (χ4v) is 3.29. The maximum absolute atomic E-state index is 10.3. The Morgan fingerprint density at radius 3 is 2.71 bits per heavy atom. The van der Waals surface area contributed by atoms with E-state index in [1.807, 2.05) is 43.4 Å². The number of aliphatic hydroxyl groups is 1. The third-order valence-electron chi connectivity index (χ3n) is 4.58. The van der Waals surface area contributed by atoms with E-state index < -0.39 is 6.10 Å². The van der Waals surface area contributed by atoms with E-state index >= 15 is 0 Å². The van der Waals surface area contributed by atoms with Gasteiger partial charge in [-0.1, -0.05) is 12.1 Å². The van der Waals surface area contributed by atoms with Crippen LogP contribution < -0.4 is 23.8 Å². The van der Waals surface area contributed by atoms with Gasteiger partial charge < -0.3 is 33.7 Å². The number of hydrogen-bond acceptors (Lipinski definition) is 6. The minimum Gasteiger partial charge on any atom is -0.493 e. The number of rotatable bonds is 10. The van der Waals surface area contributed by atoms with E-state index in [1.54, 1.807) is 14.2 Å². The lowest BCUT2D eigenvalue weighted by Crippen LogP contribution is -3.08. The lowest BCUT2D eigenvalue weighted by atomic mass is 10.1. The predicted octanol–water partition coefficient (Wildman–Crippen LogP) is 1.02. The van der Waals surface area contributed by atoms with Gasteiger partial charge in [-0.15, -0.1) is 0 Å². The maximum Gasteiger partial charge on any atom is 0.231 e. The molecule has 0 saturated carbocycles. The minimum atomic E-state index is -0.564. The molecule has 0 aliphatic carbocycles. The van der Waals surface area contributed by atoms with Crippen LogP contribution in [0.4, 0.5) is 0 Å². The highest BCUT2D eigenvalue weighted by atomic mass is 16.7. The predicted molar refractivity (Wildman–Crippen MR) is 103 cm³/mol. The monoisotopic (exact) mass is 390 g/mol. The molecule has 28 heavy (non-hydrogen) atoms. The second-order valence-electron chi connectivity index (χ2n) is 6.85. The molecule has 0 radical (unpaired) electrons. The van der Waals surface area contributed by atoms with Crippen LogP contribution in [0.5, 0.6) is 23.0 Å². The number of benzene rings is 2. The molecule has 2 aromatic rings. The van der Waals surface area contributed by atoms with Crippen LogP contribution >= 0.6 is 0 Å². The first-order valence-electron chi connectivity index (χ1n) is 9.26. The molecule has 7 heteroatoms. The molecule has 0 bridgehead atoms. The molecule has 2 atom stereocenters. The fraction of sp³-hybridized carbons (Fsp3) is 0.429. The summed E-state index contributed by atoms with van der Waals surface area (Å²) in [5, 5.41) is 10.3. The van der Waals surface area contributed by atoms with Gasteiger partial charge in [0.1, 0.15) is 19.2 Å². The number of quaternary nitrogens is 1. The van der Waals surface area contributed by atoms with Crippen molar-refractivity contribution in [3.05, 3.63) is 47.5 Å². The van der Waals surface area contributed by atoms with Crippen molar-refractivity contribution in [3.63, 3.8) is 0 Å². The van der Waals surface area contributed by atoms with Crippen molar-refractivity contribution in [2.75, 3.05) is 41.2 Å². The van der Waals surface area contributed by atoms with Crippen LogP contribution in [-0.4, -0.2) is 52.4 Å². The largest absolute Gasteiger partial charge is 0.493 e. The average Bonchev–Trinajstić information content (AvgIpc) is 3.15. The summed E-state index contributed by atoms with van der Waals surface area (Å²) in [6.07, 6.45) is -0.564. The Balaban J connectivity index is 1.45. The van der Waals surface area contributed by atoms with Crippen molar-refractivity contribution >= 4 is 0 Å². The molecule has 0 spiro atoms. The van der Waals surface area contributed by atoms with Crippen molar-refractivity contribution < 1.29 is 33.7 Å². The topological polar surface area (TPSA) is 70.8 Å². The lowest BCUT2D eigenvalue weighted by Gasteiger charge is -2.20. The number of likely N-dealkylation sites (N-methyl/N-ethyl adjacent to an activating group) is 1. The van der Waals surface area contributed by atoms with Crippen molar-refractivity contribution in [3.8, 4) is 23.0 Å². The third kappa shape index (κ3) is 5.07. The summed E-state index contributed by atoms with van der Waals surface area (Å²) < 4.78 is 27.1. The number of ether oxygens (including phenoxy) is 5. The van der Waals surface area contributed by atoms with Gasteiger partial charge in [-0.25, -0.2) is 0 Å². The first-order chi connectivity index (χ1) is 13.6. The van der Waals surface area contributed by atoms with Gasteiger partial charge in [0.25, 0.3) is 0 Å². The van der Waals surface area contributed by atoms with E-state index in [4.69, 9.17) is 23.7 Å². The van der Waals surface area contributed by atoms with Gasteiger partial charge in [-0.05, 0) is 29.8 Å². The van der Waals surface area contributed by atoms with Crippen molar-refractivity contribution in [1.29, 1.82) is 0 Å². The zero-order valence-corrected chi connectivity index (χ0v) is 16.6. The molecule has 152 valence electrons. The number of methoxy groups -OCH3 is 2. The molecule has 2 N–H and O–H groups in total.